The SMILES string of the molecule is CCOCCCN1C(=O)C(O)=C(c2ccc(OC(C)C)cc2)C1=O. The van der Waals surface area contributed by atoms with Crippen LogP contribution < -0.4 is 4.74 Å². The van der Waals surface area contributed by atoms with Gasteiger partial charge in [-0.1, -0.05) is 12.1 Å². The maximum atomic E-state index is 12.5. The highest BCUT2D eigenvalue weighted by molar-refractivity contribution is 6.34. The molecule has 6 nitrogen and oxygen atoms in total. The fourth-order valence-corrected chi connectivity index (χ4v) is 2.47. The van der Waals surface area contributed by atoms with Crippen molar-refractivity contribution in [2.75, 3.05) is 19.8 Å². The molecule has 130 valence electrons. The van der Waals surface area contributed by atoms with E-state index in [9.17, 15) is 14.7 Å². The van der Waals surface area contributed by atoms with Gasteiger partial charge in [-0.25, -0.2) is 0 Å². The second-order valence-corrected chi connectivity index (χ2v) is 5.73. The van der Waals surface area contributed by atoms with Crippen molar-refractivity contribution >= 4 is 17.4 Å². The van der Waals surface area contributed by atoms with Crippen LogP contribution in [0.1, 0.15) is 32.8 Å². The quantitative estimate of drug-likeness (QED) is 0.584. The molecule has 2 rings (SSSR count). The van der Waals surface area contributed by atoms with E-state index in [4.69, 9.17) is 9.47 Å². The highest BCUT2D eigenvalue weighted by Gasteiger charge is 2.38. The van der Waals surface area contributed by atoms with Gasteiger partial charge in [-0.2, -0.15) is 0 Å². The van der Waals surface area contributed by atoms with E-state index < -0.39 is 17.6 Å². The minimum absolute atomic E-state index is 0.0347. The number of hydrogen-bond acceptors (Lipinski definition) is 5. The normalized spacial score (nSPS) is 14.9. The predicted molar refractivity (Wildman–Crippen MR) is 89.6 cm³/mol. The summed E-state index contributed by atoms with van der Waals surface area (Å²) in [5.74, 6) is -0.978. The molecule has 1 aromatic carbocycles. The van der Waals surface area contributed by atoms with Gasteiger partial charge >= 0.3 is 0 Å². The van der Waals surface area contributed by atoms with Crippen LogP contribution in [0.3, 0.4) is 0 Å². The third-order valence-electron chi connectivity index (χ3n) is 3.53. The van der Waals surface area contributed by atoms with Crippen LogP contribution in [-0.2, 0) is 14.3 Å². The minimum Gasteiger partial charge on any atom is -0.502 e. The molecule has 0 unspecified atom stereocenters. The summed E-state index contributed by atoms with van der Waals surface area (Å²) in [7, 11) is 0. The number of carbonyl (C=O) groups excluding carboxylic acids is 2. The highest BCUT2D eigenvalue weighted by Crippen LogP contribution is 2.29. The maximum Gasteiger partial charge on any atom is 0.296 e. The summed E-state index contributed by atoms with van der Waals surface area (Å²) in [5.41, 5.74) is 0.529. The summed E-state index contributed by atoms with van der Waals surface area (Å²) < 4.78 is 10.8. The van der Waals surface area contributed by atoms with Crippen LogP contribution in [0.4, 0.5) is 0 Å². The van der Waals surface area contributed by atoms with E-state index >= 15 is 0 Å². The van der Waals surface area contributed by atoms with Gasteiger partial charge in [0.15, 0.2) is 5.76 Å². The average Bonchev–Trinajstić information content (AvgIpc) is 2.75. The van der Waals surface area contributed by atoms with Crippen molar-refractivity contribution < 1.29 is 24.2 Å². The summed E-state index contributed by atoms with van der Waals surface area (Å²) >= 11 is 0. The number of imide groups is 1. The molecule has 0 aliphatic carbocycles. The molecular formula is C18H23NO5. The van der Waals surface area contributed by atoms with Crippen molar-refractivity contribution in [2.45, 2.75) is 33.3 Å². The van der Waals surface area contributed by atoms with Crippen molar-refractivity contribution in [2.24, 2.45) is 0 Å². The Labute approximate surface area is 141 Å². The molecule has 0 spiro atoms. The smallest absolute Gasteiger partial charge is 0.296 e. The van der Waals surface area contributed by atoms with Gasteiger partial charge in [0.05, 0.1) is 11.7 Å². The summed E-state index contributed by atoms with van der Waals surface area (Å²) in [4.78, 5) is 25.6. The second kappa shape index (κ2) is 7.97. The average molecular weight is 333 g/mol. The summed E-state index contributed by atoms with van der Waals surface area (Å²) in [6.07, 6.45) is 0.575. The van der Waals surface area contributed by atoms with E-state index in [1.807, 2.05) is 20.8 Å². The van der Waals surface area contributed by atoms with E-state index in [-0.39, 0.29) is 18.2 Å². The van der Waals surface area contributed by atoms with Gasteiger partial charge in [-0.3, -0.25) is 14.5 Å². The molecule has 0 fully saturated rings. The molecule has 1 aliphatic heterocycles. The van der Waals surface area contributed by atoms with Crippen LogP contribution in [0.5, 0.6) is 5.75 Å². The number of aliphatic hydroxyl groups is 1. The van der Waals surface area contributed by atoms with Crippen LogP contribution in [0.2, 0.25) is 0 Å². The number of rotatable bonds is 8. The predicted octanol–water partition coefficient (Wildman–Crippen LogP) is 2.54. The zero-order chi connectivity index (χ0) is 17.7. The molecule has 0 atom stereocenters. The fraction of sp³-hybridized carbons (Fsp3) is 0.444. The van der Waals surface area contributed by atoms with Gasteiger partial charge in [0, 0.05) is 19.8 Å². The summed E-state index contributed by atoms with van der Waals surface area (Å²) in [6.45, 7) is 6.99. The van der Waals surface area contributed by atoms with Gasteiger partial charge in [-0.05, 0) is 44.9 Å². The number of aliphatic hydroxyl groups excluding tert-OH is 1. The maximum absolute atomic E-state index is 12.5. The van der Waals surface area contributed by atoms with Crippen LogP contribution in [0, 0.1) is 0 Å². The van der Waals surface area contributed by atoms with Gasteiger partial charge in [0.1, 0.15) is 5.75 Å². The van der Waals surface area contributed by atoms with Crippen LogP contribution in [0.25, 0.3) is 5.57 Å². The van der Waals surface area contributed by atoms with Crippen LogP contribution in [0.15, 0.2) is 30.0 Å². The molecule has 1 aromatic rings. The lowest BCUT2D eigenvalue weighted by Gasteiger charge is -2.14. The van der Waals surface area contributed by atoms with Crippen molar-refractivity contribution in [3.8, 4) is 5.75 Å². The lowest BCUT2D eigenvalue weighted by molar-refractivity contribution is -0.138. The molecule has 1 heterocycles. The minimum atomic E-state index is -0.658. The molecular weight excluding hydrogens is 310 g/mol. The molecule has 2 amide bonds. The Bertz CT molecular complexity index is 633. The number of hydrogen-bond donors (Lipinski definition) is 1. The van der Waals surface area contributed by atoms with Gasteiger partial charge < -0.3 is 14.6 Å². The first-order valence-electron chi connectivity index (χ1n) is 8.10. The first kappa shape index (κ1) is 18.0. The molecule has 1 N–H and O–H groups in total. The molecule has 0 aromatic heterocycles. The van der Waals surface area contributed by atoms with Crippen molar-refractivity contribution in [3.05, 3.63) is 35.6 Å². The number of amides is 2. The molecule has 6 heteroatoms. The zero-order valence-electron chi connectivity index (χ0n) is 14.2. The molecule has 0 saturated carbocycles. The van der Waals surface area contributed by atoms with Crippen molar-refractivity contribution in [1.82, 2.24) is 4.90 Å². The third kappa shape index (κ3) is 3.94. The van der Waals surface area contributed by atoms with Gasteiger partial charge in [0.2, 0.25) is 0 Å². The molecule has 24 heavy (non-hydrogen) atoms. The van der Waals surface area contributed by atoms with Crippen molar-refractivity contribution in [1.29, 1.82) is 0 Å². The number of nitrogens with zero attached hydrogens (tertiary/aromatic N) is 1. The molecule has 0 radical (unpaired) electrons. The summed E-state index contributed by atoms with van der Waals surface area (Å²) in [6, 6.07) is 6.76. The highest BCUT2D eigenvalue weighted by atomic mass is 16.5. The first-order chi connectivity index (χ1) is 11.5. The monoisotopic (exact) mass is 333 g/mol. The standard InChI is InChI=1S/C18H23NO5/c1-4-23-11-5-10-19-17(21)15(16(20)18(19)22)13-6-8-14(9-7-13)24-12(2)3/h6-9,12,20H,4-5,10-11H2,1-3H3. The molecule has 0 saturated heterocycles. The lowest BCUT2D eigenvalue weighted by atomic mass is 10.1. The Balaban J connectivity index is 2.12. The summed E-state index contributed by atoms with van der Waals surface area (Å²) in [5, 5.41) is 10.1. The number of ether oxygens (including phenoxy) is 2. The number of benzene rings is 1. The van der Waals surface area contributed by atoms with E-state index in [1.54, 1.807) is 24.3 Å². The Hall–Kier alpha value is -2.34. The van der Waals surface area contributed by atoms with Gasteiger partial charge in [0.25, 0.3) is 11.8 Å². The Morgan fingerprint density at radius 2 is 1.79 bits per heavy atom. The molecule has 0 bridgehead atoms. The Morgan fingerprint density at radius 1 is 1.12 bits per heavy atom. The van der Waals surface area contributed by atoms with E-state index in [0.717, 1.165) is 4.90 Å². The zero-order valence-corrected chi connectivity index (χ0v) is 14.2. The topological polar surface area (TPSA) is 76.1 Å². The Morgan fingerprint density at radius 3 is 2.38 bits per heavy atom. The second-order valence-electron chi connectivity index (χ2n) is 5.73. The Kier molecular flexibility index (Phi) is 5.98. The molecule has 1 aliphatic rings. The first-order valence-corrected chi connectivity index (χ1v) is 8.10. The van der Waals surface area contributed by atoms with Gasteiger partial charge in [-0.15, -0.1) is 0 Å². The van der Waals surface area contributed by atoms with Crippen LogP contribution >= 0.6 is 0 Å². The number of carbonyl (C=O) groups is 2. The van der Waals surface area contributed by atoms with E-state index in [1.165, 1.54) is 0 Å². The largest absolute Gasteiger partial charge is 0.502 e. The van der Waals surface area contributed by atoms with E-state index in [0.29, 0.717) is 30.9 Å². The van der Waals surface area contributed by atoms with E-state index in [2.05, 4.69) is 0 Å². The van der Waals surface area contributed by atoms with Crippen molar-refractivity contribution in [3.63, 3.8) is 0 Å². The lowest BCUT2D eigenvalue weighted by Crippen LogP contribution is -2.33. The van der Waals surface area contributed by atoms with Crippen LogP contribution in [-0.4, -0.2) is 47.7 Å². The fourth-order valence-electron chi connectivity index (χ4n) is 2.47. The third-order valence-corrected chi connectivity index (χ3v) is 3.53.